The second-order valence-electron chi connectivity index (χ2n) is 11.8. The van der Waals surface area contributed by atoms with Crippen molar-refractivity contribution < 1.29 is 23.3 Å². The van der Waals surface area contributed by atoms with Crippen LogP contribution < -0.4 is 23.8 Å². The lowest BCUT2D eigenvalue weighted by Gasteiger charge is -2.40. The first-order chi connectivity index (χ1) is 23.5. The Labute approximate surface area is 318 Å². The highest BCUT2D eigenvalue weighted by Crippen LogP contribution is 2.41. The highest BCUT2D eigenvalue weighted by molar-refractivity contribution is 5.86. The number of hydrogen-bond acceptors (Lipinski definition) is 8. The maximum Gasteiger partial charge on any atom is 0.203 e. The van der Waals surface area contributed by atoms with Crippen molar-refractivity contribution >= 4 is 42.9 Å². The minimum atomic E-state index is -0.272. The fraction of sp³-hybridized carbons (Fsp3) is 0.282. The van der Waals surface area contributed by atoms with Gasteiger partial charge >= 0.3 is 0 Å². The van der Waals surface area contributed by atoms with Crippen LogP contribution in [-0.2, 0) is 13.1 Å². The van der Waals surface area contributed by atoms with Crippen molar-refractivity contribution in [3.05, 3.63) is 114 Å². The molecule has 1 fully saturated rings. The summed E-state index contributed by atoms with van der Waals surface area (Å²) in [5.41, 5.74) is 6.29. The monoisotopic (exact) mass is 756 g/mol. The van der Waals surface area contributed by atoms with E-state index in [2.05, 4.69) is 44.0 Å². The summed E-state index contributed by atoms with van der Waals surface area (Å²) in [6.45, 7) is 3.42. The number of piperidine rings is 1. The van der Waals surface area contributed by atoms with Gasteiger partial charge in [-0.15, -0.1) is 37.2 Å². The summed E-state index contributed by atoms with van der Waals surface area (Å²) in [5.74, 6) is 2.30. The van der Waals surface area contributed by atoms with E-state index in [1.165, 1.54) is 11.6 Å². The van der Waals surface area contributed by atoms with Gasteiger partial charge in [-0.05, 0) is 96.8 Å². The number of aromatic nitrogens is 2. The van der Waals surface area contributed by atoms with Gasteiger partial charge in [0.1, 0.15) is 11.6 Å². The van der Waals surface area contributed by atoms with Gasteiger partial charge in [-0.2, -0.15) is 0 Å². The van der Waals surface area contributed by atoms with E-state index in [9.17, 15) is 4.39 Å². The van der Waals surface area contributed by atoms with Crippen molar-refractivity contribution in [3.63, 3.8) is 0 Å². The fourth-order valence-corrected chi connectivity index (χ4v) is 6.40. The molecule has 3 heterocycles. The molecule has 0 unspecified atom stereocenters. The number of ether oxygens (including phenoxy) is 4. The SMILES string of the molecule is COc1ccc(N(Cc2ccnc(-c3ccccc3F)c2)C2CCN(Cc3ccnc(-c4cc(OC)c(OC)c(OC)c4)c3)CC2)cc1.Cl.Cl.Cl. The molecule has 12 heteroatoms. The number of pyridine rings is 2. The number of rotatable bonds is 12. The number of methoxy groups -OCH3 is 4. The Bertz CT molecular complexity index is 1820. The van der Waals surface area contributed by atoms with Gasteiger partial charge in [0.15, 0.2) is 11.5 Å². The molecule has 6 rings (SSSR count). The molecule has 0 N–H and O–H groups in total. The fourth-order valence-electron chi connectivity index (χ4n) is 6.40. The summed E-state index contributed by atoms with van der Waals surface area (Å²) in [7, 11) is 6.51. The van der Waals surface area contributed by atoms with Gasteiger partial charge in [0.25, 0.3) is 0 Å². The third-order valence-electron chi connectivity index (χ3n) is 8.92. The lowest BCUT2D eigenvalue weighted by molar-refractivity contribution is 0.201. The Hall–Kier alpha value is -4.28. The van der Waals surface area contributed by atoms with Crippen molar-refractivity contribution in [1.29, 1.82) is 0 Å². The molecule has 0 amide bonds. The predicted molar refractivity (Wildman–Crippen MR) is 208 cm³/mol. The zero-order valence-electron chi connectivity index (χ0n) is 29.1. The van der Waals surface area contributed by atoms with E-state index < -0.39 is 0 Å². The smallest absolute Gasteiger partial charge is 0.203 e. The van der Waals surface area contributed by atoms with E-state index in [0.29, 0.717) is 41.1 Å². The molecule has 0 spiro atoms. The van der Waals surface area contributed by atoms with Crippen molar-refractivity contribution in [2.24, 2.45) is 0 Å². The number of benzene rings is 3. The standard InChI is InChI=1S/C39H41FN4O4.3ClH/c1-45-32-11-9-30(10-12-32)44(26-28-14-18-42-36(22-28)33-7-5-6-8-34(33)40)31-15-19-43(20-16-31)25-27-13-17-41-35(21-27)29-23-37(46-2)39(48-4)38(24-29)47-3;;;/h5-14,17-18,21-24,31H,15-16,19-20,25-26H2,1-4H3;3*1H. The average molecular weight is 758 g/mol. The zero-order chi connectivity index (χ0) is 33.5. The highest BCUT2D eigenvalue weighted by Gasteiger charge is 2.26. The summed E-state index contributed by atoms with van der Waals surface area (Å²) in [4.78, 5) is 14.1. The van der Waals surface area contributed by atoms with Crippen LogP contribution in [0, 0.1) is 5.82 Å². The summed E-state index contributed by atoms with van der Waals surface area (Å²) >= 11 is 0. The molecule has 0 bridgehead atoms. The van der Waals surface area contributed by atoms with Gasteiger partial charge in [0, 0.05) is 61.4 Å². The molecule has 2 aromatic heterocycles. The maximum absolute atomic E-state index is 14.6. The summed E-state index contributed by atoms with van der Waals surface area (Å²) in [6.07, 6.45) is 5.63. The van der Waals surface area contributed by atoms with Crippen LogP contribution in [0.3, 0.4) is 0 Å². The third-order valence-corrected chi connectivity index (χ3v) is 8.92. The van der Waals surface area contributed by atoms with Crippen LogP contribution in [0.2, 0.25) is 0 Å². The average Bonchev–Trinajstić information content (AvgIpc) is 3.14. The van der Waals surface area contributed by atoms with Crippen molar-refractivity contribution in [3.8, 4) is 45.5 Å². The Morgan fingerprint density at radius 3 is 1.92 bits per heavy atom. The Morgan fingerprint density at radius 1 is 0.706 bits per heavy atom. The number of likely N-dealkylation sites (tertiary alicyclic amines) is 1. The molecule has 0 radical (unpaired) electrons. The molecule has 272 valence electrons. The quantitative estimate of drug-likeness (QED) is 0.125. The van der Waals surface area contributed by atoms with Gasteiger partial charge < -0.3 is 23.8 Å². The highest BCUT2D eigenvalue weighted by atomic mass is 35.5. The Kier molecular flexibility index (Phi) is 15.6. The zero-order valence-corrected chi connectivity index (χ0v) is 31.5. The van der Waals surface area contributed by atoms with Gasteiger partial charge in [-0.1, -0.05) is 12.1 Å². The summed E-state index contributed by atoms with van der Waals surface area (Å²) < 4.78 is 36.7. The molecule has 5 aromatic rings. The summed E-state index contributed by atoms with van der Waals surface area (Å²) in [6, 6.07) is 27.4. The molecule has 0 saturated carbocycles. The third kappa shape index (κ3) is 9.74. The van der Waals surface area contributed by atoms with Gasteiger partial charge in [0.2, 0.25) is 5.75 Å². The van der Waals surface area contributed by atoms with E-state index in [-0.39, 0.29) is 43.0 Å². The molecule has 1 saturated heterocycles. The van der Waals surface area contributed by atoms with E-state index in [1.54, 1.807) is 46.8 Å². The Morgan fingerprint density at radius 2 is 1.31 bits per heavy atom. The first-order valence-electron chi connectivity index (χ1n) is 16.1. The number of hydrogen-bond donors (Lipinski definition) is 0. The lowest BCUT2D eigenvalue weighted by atomic mass is 10.00. The molecule has 0 aliphatic carbocycles. The van der Waals surface area contributed by atoms with E-state index >= 15 is 0 Å². The first-order valence-corrected chi connectivity index (χ1v) is 16.1. The molecule has 8 nitrogen and oxygen atoms in total. The normalized spacial score (nSPS) is 12.8. The molecule has 3 aromatic carbocycles. The predicted octanol–water partition coefficient (Wildman–Crippen LogP) is 8.92. The van der Waals surface area contributed by atoms with E-state index in [0.717, 1.165) is 60.7 Å². The van der Waals surface area contributed by atoms with Gasteiger partial charge in [-0.25, -0.2) is 4.39 Å². The van der Waals surface area contributed by atoms with Crippen LogP contribution in [0.1, 0.15) is 24.0 Å². The lowest BCUT2D eigenvalue weighted by Crippen LogP contribution is -2.44. The van der Waals surface area contributed by atoms with E-state index in [4.69, 9.17) is 18.9 Å². The van der Waals surface area contributed by atoms with Crippen molar-refractivity contribution in [1.82, 2.24) is 14.9 Å². The second-order valence-corrected chi connectivity index (χ2v) is 11.8. The van der Waals surface area contributed by atoms with Crippen LogP contribution in [-0.4, -0.2) is 62.4 Å². The minimum absolute atomic E-state index is 0. The number of halogens is 4. The number of anilines is 1. The van der Waals surface area contributed by atoms with E-state index in [1.807, 2.05) is 48.7 Å². The Balaban J connectivity index is 0.00000234. The molecule has 1 aliphatic heterocycles. The first kappa shape index (κ1) is 41.1. The van der Waals surface area contributed by atoms with Gasteiger partial charge in [-0.3, -0.25) is 14.9 Å². The maximum atomic E-state index is 14.6. The molecular weight excluding hydrogens is 714 g/mol. The topological polar surface area (TPSA) is 69.2 Å². The molecule has 1 aliphatic rings. The van der Waals surface area contributed by atoms with Crippen LogP contribution in [0.25, 0.3) is 22.5 Å². The second kappa shape index (κ2) is 19.4. The molecule has 0 atom stereocenters. The van der Waals surface area contributed by atoms with Crippen LogP contribution in [0.4, 0.5) is 10.1 Å². The van der Waals surface area contributed by atoms with Gasteiger partial charge in [0.05, 0.1) is 39.8 Å². The van der Waals surface area contributed by atoms with Crippen molar-refractivity contribution in [2.45, 2.75) is 32.0 Å². The molecular formula is C39H44Cl3FN4O4. The molecule has 51 heavy (non-hydrogen) atoms. The summed E-state index contributed by atoms with van der Waals surface area (Å²) in [5, 5.41) is 0. The largest absolute Gasteiger partial charge is 0.497 e. The van der Waals surface area contributed by atoms with Crippen LogP contribution >= 0.6 is 37.2 Å². The van der Waals surface area contributed by atoms with Crippen LogP contribution in [0.5, 0.6) is 23.0 Å². The minimum Gasteiger partial charge on any atom is -0.497 e. The van der Waals surface area contributed by atoms with Crippen molar-refractivity contribution in [2.75, 3.05) is 46.4 Å². The number of nitrogens with zero attached hydrogens (tertiary/aromatic N) is 4. The van der Waals surface area contributed by atoms with Crippen LogP contribution in [0.15, 0.2) is 97.3 Å².